The second kappa shape index (κ2) is 6.08. The zero-order valence-corrected chi connectivity index (χ0v) is 12.2. The number of rotatable bonds is 2. The molecule has 2 rings (SSSR count). The summed E-state index contributed by atoms with van der Waals surface area (Å²) in [6, 6.07) is 9.38. The molecule has 1 aliphatic rings. The van der Waals surface area contributed by atoms with Crippen molar-refractivity contribution in [2.45, 2.75) is 32.7 Å². The molecule has 0 radical (unpaired) electrons. The highest BCUT2D eigenvalue weighted by Gasteiger charge is 2.22. The van der Waals surface area contributed by atoms with Gasteiger partial charge in [-0.25, -0.2) is 0 Å². The summed E-state index contributed by atoms with van der Waals surface area (Å²) >= 11 is 0. The average Bonchev–Trinajstić information content (AvgIpc) is 2.52. The zero-order chi connectivity index (χ0) is 13.8. The van der Waals surface area contributed by atoms with Gasteiger partial charge >= 0.3 is 0 Å². The number of hydrogen-bond acceptors (Lipinski definition) is 3. The summed E-state index contributed by atoms with van der Waals surface area (Å²) in [7, 11) is 2.13. The van der Waals surface area contributed by atoms with Gasteiger partial charge in [0, 0.05) is 24.8 Å². The fourth-order valence-electron chi connectivity index (χ4n) is 2.87. The van der Waals surface area contributed by atoms with Crippen LogP contribution >= 0.6 is 0 Å². The SMILES string of the molecule is Cc1cc(C)cc(N2CCCN(C)C(CC#N)C2)c1. The largest absolute Gasteiger partial charge is 0.370 e. The Morgan fingerprint density at radius 2 is 1.89 bits per heavy atom. The first kappa shape index (κ1) is 13.9. The van der Waals surface area contributed by atoms with Crippen molar-refractivity contribution in [2.75, 3.05) is 31.6 Å². The van der Waals surface area contributed by atoms with Gasteiger partial charge in [-0.05, 0) is 57.1 Å². The molecule has 1 saturated heterocycles. The molecule has 0 N–H and O–H groups in total. The molecule has 1 aromatic rings. The van der Waals surface area contributed by atoms with Gasteiger partial charge in [-0.3, -0.25) is 0 Å². The molecule has 3 nitrogen and oxygen atoms in total. The third-order valence-corrected chi connectivity index (χ3v) is 3.89. The van der Waals surface area contributed by atoms with E-state index in [-0.39, 0.29) is 0 Å². The monoisotopic (exact) mass is 257 g/mol. The first-order chi connectivity index (χ1) is 9.10. The molecule has 1 aromatic carbocycles. The van der Waals surface area contributed by atoms with Gasteiger partial charge in [-0.2, -0.15) is 5.26 Å². The maximum atomic E-state index is 8.98. The van der Waals surface area contributed by atoms with Crippen molar-refractivity contribution in [2.24, 2.45) is 0 Å². The number of anilines is 1. The Morgan fingerprint density at radius 3 is 2.53 bits per heavy atom. The highest BCUT2D eigenvalue weighted by molar-refractivity contribution is 5.51. The normalized spacial score (nSPS) is 20.9. The predicted octanol–water partition coefficient (Wildman–Crippen LogP) is 2.73. The summed E-state index contributed by atoms with van der Waals surface area (Å²) in [6.45, 7) is 7.40. The number of nitriles is 1. The van der Waals surface area contributed by atoms with Crippen LogP contribution in [0.5, 0.6) is 0 Å². The van der Waals surface area contributed by atoms with Crippen LogP contribution in [-0.2, 0) is 0 Å². The Hall–Kier alpha value is -1.53. The number of benzene rings is 1. The number of nitrogens with zero attached hydrogens (tertiary/aromatic N) is 3. The van der Waals surface area contributed by atoms with Crippen LogP contribution in [0.1, 0.15) is 24.0 Å². The second-order valence-electron chi connectivity index (χ2n) is 5.64. The van der Waals surface area contributed by atoms with Crippen LogP contribution in [0.25, 0.3) is 0 Å². The van der Waals surface area contributed by atoms with E-state index in [1.807, 2.05) is 0 Å². The van der Waals surface area contributed by atoms with Crippen LogP contribution < -0.4 is 4.90 Å². The van der Waals surface area contributed by atoms with Crippen LogP contribution in [0.3, 0.4) is 0 Å². The van der Waals surface area contributed by atoms with Gasteiger partial charge in [-0.15, -0.1) is 0 Å². The van der Waals surface area contributed by atoms with E-state index in [0.717, 1.165) is 26.1 Å². The lowest BCUT2D eigenvalue weighted by molar-refractivity contribution is 0.264. The Balaban J connectivity index is 2.21. The number of hydrogen-bond donors (Lipinski definition) is 0. The van der Waals surface area contributed by atoms with E-state index >= 15 is 0 Å². The predicted molar refractivity (Wildman–Crippen MR) is 79.4 cm³/mol. The molecule has 1 aliphatic heterocycles. The Kier molecular flexibility index (Phi) is 4.44. The van der Waals surface area contributed by atoms with Crippen molar-refractivity contribution in [1.82, 2.24) is 4.90 Å². The lowest BCUT2D eigenvalue weighted by atomic mass is 10.1. The molecule has 1 heterocycles. The van der Waals surface area contributed by atoms with Crippen molar-refractivity contribution in [3.63, 3.8) is 0 Å². The third kappa shape index (κ3) is 3.48. The molecule has 19 heavy (non-hydrogen) atoms. The van der Waals surface area contributed by atoms with Crippen molar-refractivity contribution in [3.8, 4) is 6.07 Å². The first-order valence-electron chi connectivity index (χ1n) is 7.00. The van der Waals surface area contributed by atoms with Crippen molar-refractivity contribution < 1.29 is 0 Å². The molecule has 1 atom stereocenters. The van der Waals surface area contributed by atoms with Crippen LogP contribution in [-0.4, -0.2) is 37.6 Å². The average molecular weight is 257 g/mol. The van der Waals surface area contributed by atoms with Gasteiger partial charge in [0.15, 0.2) is 0 Å². The molecule has 3 heteroatoms. The van der Waals surface area contributed by atoms with E-state index in [2.05, 4.69) is 55.0 Å². The maximum Gasteiger partial charge on any atom is 0.0638 e. The summed E-state index contributed by atoms with van der Waals surface area (Å²) in [6.07, 6.45) is 1.77. The van der Waals surface area contributed by atoms with Gasteiger partial charge < -0.3 is 9.80 Å². The van der Waals surface area contributed by atoms with Crippen LogP contribution in [0.4, 0.5) is 5.69 Å². The standard InChI is InChI=1S/C16H23N3/c1-13-9-14(2)11-16(10-13)19-8-4-7-18(3)15(12-19)5-6-17/h9-11,15H,4-5,7-8,12H2,1-3H3. The van der Waals surface area contributed by atoms with Gasteiger partial charge in [0.05, 0.1) is 12.5 Å². The summed E-state index contributed by atoms with van der Waals surface area (Å²) < 4.78 is 0. The smallest absolute Gasteiger partial charge is 0.0638 e. The van der Waals surface area contributed by atoms with Gasteiger partial charge in [0.2, 0.25) is 0 Å². The summed E-state index contributed by atoms with van der Waals surface area (Å²) in [4.78, 5) is 4.76. The summed E-state index contributed by atoms with van der Waals surface area (Å²) in [5.41, 5.74) is 3.92. The van der Waals surface area contributed by atoms with Gasteiger partial charge in [0.25, 0.3) is 0 Å². The maximum absolute atomic E-state index is 8.98. The fourth-order valence-corrected chi connectivity index (χ4v) is 2.87. The fraction of sp³-hybridized carbons (Fsp3) is 0.562. The Morgan fingerprint density at radius 1 is 1.21 bits per heavy atom. The molecule has 0 saturated carbocycles. The minimum absolute atomic E-state index is 0.341. The van der Waals surface area contributed by atoms with E-state index in [0.29, 0.717) is 12.5 Å². The van der Waals surface area contributed by atoms with E-state index in [1.165, 1.54) is 16.8 Å². The van der Waals surface area contributed by atoms with Crippen molar-refractivity contribution in [1.29, 1.82) is 5.26 Å². The van der Waals surface area contributed by atoms with E-state index < -0.39 is 0 Å². The summed E-state index contributed by atoms with van der Waals surface area (Å²) in [5, 5.41) is 8.98. The van der Waals surface area contributed by atoms with E-state index in [1.54, 1.807) is 0 Å². The first-order valence-corrected chi connectivity index (χ1v) is 7.00. The van der Waals surface area contributed by atoms with Gasteiger partial charge in [0.1, 0.15) is 0 Å². The highest BCUT2D eigenvalue weighted by Crippen LogP contribution is 2.22. The van der Waals surface area contributed by atoms with Crippen LogP contribution in [0, 0.1) is 25.2 Å². The van der Waals surface area contributed by atoms with Crippen molar-refractivity contribution in [3.05, 3.63) is 29.3 Å². The van der Waals surface area contributed by atoms with E-state index in [9.17, 15) is 0 Å². The quantitative estimate of drug-likeness (QED) is 0.816. The molecule has 0 amide bonds. The Bertz CT molecular complexity index is 455. The molecule has 0 spiro atoms. The third-order valence-electron chi connectivity index (χ3n) is 3.89. The van der Waals surface area contributed by atoms with Crippen molar-refractivity contribution >= 4 is 5.69 Å². The second-order valence-corrected chi connectivity index (χ2v) is 5.64. The molecule has 102 valence electrons. The van der Waals surface area contributed by atoms with Gasteiger partial charge in [-0.1, -0.05) is 6.07 Å². The molecular weight excluding hydrogens is 234 g/mol. The minimum Gasteiger partial charge on any atom is -0.370 e. The summed E-state index contributed by atoms with van der Waals surface area (Å²) in [5.74, 6) is 0. The number of likely N-dealkylation sites (N-methyl/N-ethyl adjacent to an activating group) is 1. The molecule has 1 unspecified atom stereocenters. The Labute approximate surface area is 116 Å². The lowest BCUT2D eigenvalue weighted by Crippen LogP contribution is -2.38. The van der Waals surface area contributed by atoms with E-state index in [4.69, 9.17) is 5.26 Å². The molecule has 0 aliphatic carbocycles. The highest BCUT2D eigenvalue weighted by atomic mass is 15.2. The van der Waals surface area contributed by atoms with Crippen LogP contribution in [0.15, 0.2) is 18.2 Å². The molecule has 0 bridgehead atoms. The zero-order valence-electron chi connectivity index (χ0n) is 12.2. The number of aryl methyl sites for hydroxylation is 2. The lowest BCUT2D eigenvalue weighted by Gasteiger charge is -2.29. The molecular formula is C16H23N3. The molecule has 1 fully saturated rings. The minimum atomic E-state index is 0.341. The molecule has 0 aromatic heterocycles. The van der Waals surface area contributed by atoms with Crippen LogP contribution in [0.2, 0.25) is 0 Å². The topological polar surface area (TPSA) is 30.3 Å².